The van der Waals surface area contributed by atoms with Gasteiger partial charge < -0.3 is 9.84 Å². The molecule has 0 atom stereocenters. The number of alkyl halides is 2. The van der Waals surface area contributed by atoms with Crippen LogP contribution in [0.4, 0.5) is 8.78 Å². The number of hydrogen-bond donors (Lipinski definition) is 1. The number of halogens is 2. The van der Waals surface area contributed by atoms with E-state index in [1.807, 2.05) is 0 Å². The molecule has 1 spiro atoms. The average Bonchev–Trinajstić information content (AvgIpc) is 2.55. The molecule has 4 rings (SSSR count). The van der Waals surface area contributed by atoms with Gasteiger partial charge in [0.2, 0.25) is 10.0 Å². The lowest BCUT2D eigenvalue weighted by atomic mass is 9.73. The van der Waals surface area contributed by atoms with Crippen molar-refractivity contribution >= 4 is 10.0 Å². The minimum Gasteiger partial charge on any atom is -0.388 e. The highest BCUT2D eigenvalue weighted by molar-refractivity contribution is 7.89. The lowest BCUT2D eigenvalue weighted by Crippen LogP contribution is -2.74. The van der Waals surface area contributed by atoms with Crippen LogP contribution < -0.4 is 0 Å². The van der Waals surface area contributed by atoms with Crippen LogP contribution in [0.1, 0.15) is 31.2 Å². The van der Waals surface area contributed by atoms with Gasteiger partial charge in [0, 0.05) is 71.1 Å². The fraction of sp³-hybridized carbons (Fsp3) is 0.737. The van der Waals surface area contributed by atoms with E-state index in [1.165, 1.54) is 17.3 Å². The number of likely N-dealkylation sites (tertiary alicyclic amines) is 1. The van der Waals surface area contributed by atoms with E-state index in [0.717, 1.165) is 26.1 Å². The Morgan fingerprint density at radius 2 is 1.83 bits per heavy atom. The molecule has 4 heterocycles. The van der Waals surface area contributed by atoms with Gasteiger partial charge in [-0.3, -0.25) is 9.88 Å². The molecule has 29 heavy (non-hydrogen) atoms. The Kier molecular flexibility index (Phi) is 5.02. The number of β-amino-alcohol motifs (C(OH)–C–C–N with tert-alkyl or cyclic N) is 1. The summed E-state index contributed by atoms with van der Waals surface area (Å²) in [6.07, 6.45) is 1.24. The number of aliphatic hydroxyl groups is 1. The molecule has 1 N–H and O–H groups in total. The molecule has 7 nitrogen and oxygen atoms in total. The van der Waals surface area contributed by atoms with Crippen molar-refractivity contribution < 1.29 is 27.0 Å². The third kappa shape index (κ3) is 3.93. The fourth-order valence-electron chi connectivity index (χ4n) is 4.62. The summed E-state index contributed by atoms with van der Waals surface area (Å²) < 4.78 is 59.4. The second kappa shape index (κ2) is 6.91. The number of aromatic nitrogens is 1. The highest BCUT2D eigenvalue weighted by Crippen LogP contribution is 2.43. The molecule has 162 valence electrons. The monoisotopic (exact) mass is 431 g/mol. The number of pyridine rings is 1. The maximum Gasteiger partial charge on any atom is 0.286 e. The normalized spacial score (nSPS) is 24.9. The SMILES string of the molecule is Cc1nc(C(C)(F)F)ccc1S(=O)(=O)N1CC2(CN(CC3(O)CCOCC3)C2)C1. The number of nitrogens with zero attached hydrogens (tertiary/aromatic N) is 3. The van der Waals surface area contributed by atoms with Gasteiger partial charge in [0.15, 0.2) is 0 Å². The van der Waals surface area contributed by atoms with Gasteiger partial charge in [-0.2, -0.15) is 13.1 Å². The van der Waals surface area contributed by atoms with Gasteiger partial charge >= 0.3 is 0 Å². The predicted molar refractivity (Wildman–Crippen MR) is 101 cm³/mol. The zero-order chi connectivity index (χ0) is 21.1. The quantitative estimate of drug-likeness (QED) is 0.758. The first-order valence-electron chi connectivity index (χ1n) is 9.81. The van der Waals surface area contributed by atoms with Crippen LogP contribution in [0.3, 0.4) is 0 Å². The summed E-state index contributed by atoms with van der Waals surface area (Å²) in [7, 11) is -3.76. The summed E-state index contributed by atoms with van der Waals surface area (Å²) >= 11 is 0. The van der Waals surface area contributed by atoms with Crippen LogP contribution in [0, 0.1) is 12.3 Å². The van der Waals surface area contributed by atoms with Crippen molar-refractivity contribution in [3.05, 3.63) is 23.5 Å². The molecule has 0 unspecified atom stereocenters. The summed E-state index contributed by atoms with van der Waals surface area (Å²) in [5.41, 5.74) is -1.15. The summed E-state index contributed by atoms with van der Waals surface area (Å²) in [5, 5.41) is 10.6. The van der Waals surface area contributed by atoms with Crippen LogP contribution in [-0.4, -0.2) is 79.3 Å². The summed E-state index contributed by atoms with van der Waals surface area (Å²) in [6.45, 7) is 6.20. The third-order valence-corrected chi connectivity index (χ3v) is 8.11. The van der Waals surface area contributed by atoms with Crippen LogP contribution in [0.2, 0.25) is 0 Å². The number of rotatable bonds is 5. The van der Waals surface area contributed by atoms with Gasteiger partial charge in [0.25, 0.3) is 5.92 Å². The van der Waals surface area contributed by atoms with E-state index in [4.69, 9.17) is 4.74 Å². The molecule has 0 saturated carbocycles. The summed E-state index contributed by atoms with van der Waals surface area (Å²) in [4.78, 5) is 5.95. The Labute approximate surface area is 169 Å². The molecular weight excluding hydrogens is 404 g/mol. The lowest BCUT2D eigenvalue weighted by molar-refractivity contribution is -0.135. The molecule has 3 aliphatic heterocycles. The number of hydrogen-bond acceptors (Lipinski definition) is 6. The third-order valence-electron chi connectivity index (χ3n) is 6.19. The molecule has 1 aromatic heterocycles. The smallest absolute Gasteiger partial charge is 0.286 e. The van der Waals surface area contributed by atoms with Crippen LogP contribution in [0.5, 0.6) is 0 Å². The van der Waals surface area contributed by atoms with Gasteiger partial charge in [0.1, 0.15) is 10.6 Å². The fourth-order valence-corrected chi connectivity index (χ4v) is 6.44. The first-order valence-corrected chi connectivity index (χ1v) is 11.3. The number of ether oxygens (including phenoxy) is 1. The first kappa shape index (κ1) is 21.0. The zero-order valence-corrected chi connectivity index (χ0v) is 17.5. The molecule has 0 bridgehead atoms. The van der Waals surface area contributed by atoms with Gasteiger partial charge in [0.05, 0.1) is 11.3 Å². The Bertz CT molecular complexity index is 883. The van der Waals surface area contributed by atoms with Gasteiger partial charge in [-0.1, -0.05) is 0 Å². The highest BCUT2D eigenvalue weighted by atomic mass is 32.2. The number of sulfonamides is 1. The molecule has 3 saturated heterocycles. The van der Waals surface area contributed by atoms with Crippen LogP contribution in [0.15, 0.2) is 17.0 Å². The van der Waals surface area contributed by atoms with Crippen molar-refractivity contribution in [2.24, 2.45) is 5.41 Å². The molecule has 3 aliphatic rings. The van der Waals surface area contributed by atoms with Crippen molar-refractivity contribution in [3.63, 3.8) is 0 Å². The summed E-state index contributed by atoms with van der Waals surface area (Å²) in [6, 6.07) is 2.30. The Morgan fingerprint density at radius 1 is 1.21 bits per heavy atom. The second-order valence-electron chi connectivity index (χ2n) is 8.92. The predicted octanol–water partition coefficient (Wildman–Crippen LogP) is 1.35. The number of aryl methyl sites for hydroxylation is 1. The van der Waals surface area contributed by atoms with E-state index in [0.29, 0.717) is 45.7 Å². The van der Waals surface area contributed by atoms with Crippen molar-refractivity contribution in [1.29, 1.82) is 0 Å². The topological polar surface area (TPSA) is 83.0 Å². The average molecular weight is 432 g/mol. The molecule has 3 fully saturated rings. The van der Waals surface area contributed by atoms with Crippen molar-refractivity contribution in [3.8, 4) is 0 Å². The minimum atomic E-state index is -3.76. The largest absolute Gasteiger partial charge is 0.388 e. The van der Waals surface area contributed by atoms with Crippen molar-refractivity contribution in [2.75, 3.05) is 45.9 Å². The van der Waals surface area contributed by atoms with E-state index in [2.05, 4.69) is 9.88 Å². The van der Waals surface area contributed by atoms with E-state index in [-0.39, 0.29) is 16.0 Å². The standard InChI is InChI=1S/C19H27F2N3O4S/c1-14-15(3-4-16(22-14)17(2,20)21)29(26,27)24-11-18(12-24)9-23(10-18)13-19(25)5-7-28-8-6-19/h3-4,25H,5-13H2,1-2H3. The lowest BCUT2D eigenvalue weighted by Gasteiger charge is -2.60. The molecule has 0 amide bonds. The maximum absolute atomic E-state index is 13.4. The maximum atomic E-state index is 13.4. The summed E-state index contributed by atoms with van der Waals surface area (Å²) in [5.74, 6) is -3.11. The zero-order valence-electron chi connectivity index (χ0n) is 16.7. The second-order valence-corrected chi connectivity index (χ2v) is 10.8. The van der Waals surface area contributed by atoms with E-state index < -0.39 is 27.2 Å². The first-order chi connectivity index (χ1) is 13.4. The minimum absolute atomic E-state index is 0.0203. The van der Waals surface area contributed by atoms with E-state index in [1.54, 1.807) is 0 Å². The van der Waals surface area contributed by atoms with Crippen LogP contribution in [0.25, 0.3) is 0 Å². The van der Waals surface area contributed by atoms with Gasteiger partial charge in [-0.15, -0.1) is 0 Å². The molecule has 10 heteroatoms. The van der Waals surface area contributed by atoms with Gasteiger partial charge in [-0.05, 0) is 19.1 Å². The molecule has 0 aromatic carbocycles. The van der Waals surface area contributed by atoms with E-state index in [9.17, 15) is 22.3 Å². The molecule has 0 radical (unpaired) electrons. The van der Waals surface area contributed by atoms with E-state index >= 15 is 0 Å². The Hall–Kier alpha value is -1.20. The van der Waals surface area contributed by atoms with Crippen LogP contribution >= 0.6 is 0 Å². The van der Waals surface area contributed by atoms with Gasteiger partial charge in [-0.25, -0.2) is 8.42 Å². The van der Waals surface area contributed by atoms with Crippen molar-refractivity contribution in [2.45, 2.75) is 43.1 Å². The molecule has 0 aliphatic carbocycles. The molecular formula is C19H27F2N3O4S. The Balaban J connectivity index is 1.36. The van der Waals surface area contributed by atoms with Crippen molar-refractivity contribution in [1.82, 2.24) is 14.2 Å². The Morgan fingerprint density at radius 3 is 2.38 bits per heavy atom. The van der Waals surface area contributed by atoms with Crippen LogP contribution in [-0.2, 0) is 20.7 Å². The highest BCUT2D eigenvalue weighted by Gasteiger charge is 2.56. The molecule has 1 aromatic rings.